The second-order valence-corrected chi connectivity index (χ2v) is 5.46. The second kappa shape index (κ2) is 6.91. The number of carbonyl (C=O) groups is 1. The minimum Gasteiger partial charge on any atom is -0.437 e. The number of carbonyl (C=O) groups excluding carboxylic acids is 1. The number of hydrogen-bond acceptors (Lipinski definition) is 5. The molecular formula is C17H17N5O2. The molecule has 0 fully saturated rings. The van der Waals surface area contributed by atoms with Crippen LogP contribution in [0.15, 0.2) is 48.9 Å². The van der Waals surface area contributed by atoms with E-state index in [2.05, 4.69) is 25.5 Å². The van der Waals surface area contributed by atoms with Crippen molar-refractivity contribution < 1.29 is 9.53 Å². The lowest BCUT2D eigenvalue weighted by Crippen LogP contribution is -2.13. The number of rotatable bonds is 5. The first-order valence-electron chi connectivity index (χ1n) is 7.53. The van der Waals surface area contributed by atoms with Crippen molar-refractivity contribution in [2.75, 3.05) is 5.32 Å². The molecule has 0 saturated heterocycles. The minimum atomic E-state index is -0.344. The lowest BCUT2D eigenvalue weighted by molar-refractivity contribution is 0.102. The molecule has 0 aliphatic rings. The summed E-state index contributed by atoms with van der Waals surface area (Å²) in [7, 11) is 0. The number of aromatic amines is 1. The number of ether oxygens (including phenoxy) is 1. The number of aromatic nitrogens is 4. The Morgan fingerprint density at radius 2 is 2.08 bits per heavy atom. The van der Waals surface area contributed by atoms with Gasteiger partial charge < -0.3 is 10.1 Å². The van der Waals surface area contributed by atoms with E-state index in [1.165, 1.54) is 0 Å². The fourth-order valence-electron chi connectivity index (χ4n) is 2.04. The predicted octanol–water partition coefficient (Wildman–Crippen LogP) is 3.37. The normalized spacial score (nSPS) is 10.6. The summed E-state index contributed by atoms with van der Waals surface area (Å²) in [4.78, 5) is 20.6. The molecule has 7 nitrogen and oxygen atoms in total. The van der Waals surface area contributed by atoms with Gasteiger partial charge >= 0.3 is 0 Å². The molecule has 0 aliphatic carbocycles. The van der Waals surface area contributed by atoms with Crippen molar-refractivity contribution in [3.8, 4) is 11.6 Å². The monoisotopic (exact) mass is 323 g/mol. The van der Waals surface area contributed by atoms with Crippen LogP contribution in [0, 0.1) is 0 Å². The zero-order valence-electron chi connectivity index (χ0n) is 13.4. The molecule has 0 spiro atoms. The van der Waals surface area contributed by atoms with Crippen molar-refractivity contribution >= 4 is 11.7 Å². The van der Waals surface area contributed by atoms with E-state index in [1.54, 1.807) is 48.9 Å². The fraction of sp³-hybridized carbons (Fsp3) is 0.176. The van der Waals surface area contributed by atoms with Crippen LogP contribution >= 0.6 is 0 Å². The van der Waals surface area contributed by atoms with Crippen molar-refractivity contribution in [2.45, 2.75) is 19.8 Å². The molecule has 3 heterocycles. The number of anilines is 1. The van der Waals surface area contributed by atoms with Crippen LogP contribution in [0.1, 0.15) is 35.8 Å². The van der Waals surface area contributed by atoms with Crippen LogP contribution in [0.4, 0.5) is 5.82 Å². The molecule has 2 N–H and O–H groups in total. The Morgan fingerprint density at radius 3 is 2.79 bits per heavy atom. The van der Waals surface area contributed by atoms with Crippen molar-refractivity contribution in [2.24, 2.45) is 0 Å². The molecule has 0 aromatic carbocycles. The summed E-state index contributed by atoms with van der Waals surface area (Å²) in [6.45, 7) is 4.08. The lowest BCUT2D eigenvalue weighted by Gasteiger charge is -2.08. The lowest BCUT2D eigenvalue weighted by atomic mass is 10.1. The molecule has 0 saturated carbocycles. The fourth-order valence-corrected chi connectivity index (χ4v) is 2.04. The van der Waals surface area contributed by atoms with E-state index in [0.29, 0.717) is 23.0 Å². The Morgan fingerprint density at radius 1 is 1.25 bits per heavy atom. The number of pyridine rings is 2. The van der Waals surface area contributed by atoms with Gasteiger partial charge in [-0.2, -0.15) is 5.10 Å². The summed E-state index contributed by atoms with van der Waals surface area (Å²) in [5.74, 6) is 1.13. The van der Waals surface area contributed by atoms with Crippen molar-refractivity contribution in [3.05, 3.63) is 60.2 Å². The zero-order chi connectivity index (χ0) is 16.9. The summed E-state index contributed by atoms with van der Waals surface area (Å²) in [6, 6.07) is 8.61. The molecular weight excluding hydrogens is 306 g/mol. The van der Waals surface area contributed by atoms with Crippen molar-refractivity contribution in [3.63, 3.8) is 0 Å². The van der Waals surface area contributed by atoms with Gasteiger partial charge in [-0.1, -0.05) is 13.8 Å². The van der Waals surface area contributed by atoms with E-state index in [1.807, 2.05) is 13.8 Å². The topological polar surface area (TPSA) is 92.8 Å². The number of H-pyrrole nitrogens is 1. The first-order valence-corrected chi connectivity index (χ1v) is 7.53. The van der Waals surface area contributed by atoms with Crippen LogP contribution in [0.2, 0.25) is 0 Å². The van der Waals surface area contributed by atoms with Crippen molar-refractivity contribution in [1.82, 2.24) is 20.2 Å². The number of nitrogens with zero attached hydrogens (tertiary/aromatic N) is 3. The van der Waals surface area contributed by atoms with E-state index >= 15 is 0 Å². The largest absolute Gasteiger partial charge is 0.437 e. The highest BCUT2D eigenvalue weighted by atomic mass is 16.5. The molecule has 0 atom stereocenters. The van der Waals surface area contributed by atoms with E-state index in [9.17, 15) is 4.79 Å². The van der Waals surface area contributed by atoms with Gasteiger partial charge in [0.05, 0.1) is 6.20 Å². The maximum atomic E-state index is 12.5. The highest BCUT2D eigenvalue weighted by molar-refractivity contribution is 6.05. The molecule has 1 amide bonds. The summed E-state index contributed by atoms with van der Waals surface area (Å²) >= 11 is 0. The molecule has 7 heteroatoms. The van der Waals surface area contributed by atoms with Gasteiger partial charge in [0.25, 0.3) is 5.91 Å². The molecule has 0 bridgehead atoms. The molecule has 3 aromatic heterocycles. The van der Waals surface area contributed by atoms with E-state index in [-0.39, 0.29) is 11.8 Å². The average molecular weight is 323 g/mol. The van der Waals surface area contributed by atoms with Crippen LogP contribution in [0.5, 0.6) is 11.6 Å². The van der Waals surface area contributed by atoms with Crippen LogP contribution in [0.25, 0.3) is 0 Å². The molecule has 0 aliphatic heterocycles. The third kappa shape index (κ3) is 3.57. The molecule has 0 radical (unpaired) electrons. The number of hydrogen-bond donors (Lipinski definition) is 2. The van der Waals surface area contributed by atoms with Gasteiger partial charge in [-0.15, -0.1) is 0 Å². The van der Waals surface area contributed by atoms with Gasteiger partial charge in [0, 0.05) is 24.2 Å². The molecule has 3 aromatic rings. The molecule has 122 valence electrons. The van der Waals surface area contributed by atoms with Crippen LogP contribution in [-0.2, 0) is 0 Å². The maximum absolute atomic E-state index is 12.5. The van der Waals surface area contributed by atoms with Gasteiger partial charge in [-0.3, -0.25) is 14.9 Å². The summed E-state index contributed by atoms with van der Waals surface area (Å²) in [6.07, 6.45) is 4.76. The van der Waals surface area contributed by atoms with Gasteiger partial charge in [-0.05, 0) is 30.2 Å². The standard InChI is InChI=1S/C17H17N5O2/c1-11(2)14-9-15(22-21-14)20-16(23)13-6-4-8-19-17(13)24-12-5-3-7-18-10-12/h3-11H,1-2H3,(H2,20,21,22,23). The zero-order valence-corrected chi connectivity index (χ0v) is 13.4. The predicted molar refractivity (Wildman–Crippen MR) is 89.2 cm³/mol. The number of amides is 1. The minimum absolute atomic E-state index is 0.211. The SMILES string of the molecule is CC(C)c1cc(NC(=O)c2cccnc2Oc2cccnc2)n[nH]1. The van der Waals surface area contributed by atoms with Crippen LogP contribution in [0.3, 0.4) is 0 Å². The summed E-state index contributed by atoms with van der Waals surface area (Å²) in [5, 5.41) is 9.73. The molecule has 0 unspecified atom stereocenters. The Bertz CT molecular complexity index is 830. The first-order chi connectivity index (χ1) is 11.6. The number of nitrogens with one attached hydrogen (secondary N) is 2. The second-order valence-electron chi connectivity index (χ2n) is 5.46. The Labute approximate surface area is 139 Å². The molecule has 24 heavy (non-hydrogen) atoms. The average Bonchev–Trinajstić information content (AvgIpc) is 3.05. The van der Waals surface area contributed by atoms with Crippen LogP contribution in [-0.4, -0.2) is 26.1 Å². The summed E-state index contributed by atoms with van der Waals surface area (Å²) < 4.78 is 5.65. The van der Waals surface area contributed by atoms with Gasteiger partial charge in [0.1, 0.15) is 11.3 Å². The van der Waals surface area contributed by atoms with E-state index in [0.717, 1.165) is 5.69 Å². The Kier molecular flexibility index (Phi) is 4.51. The smallest absolute Gasteiger partial charge is 0.262 e. The third-order valence-corrected chi connectivity index (χ3v) is 3.33. The van der Waals surface area contributed by atoms with Gasteiger partial charge in [-0.25, -0.2) is 4.98 Å². The third-order valence-electron chi connectivity index (χ3n) is 3.33. The Balaban J connectivity index is 1.79. The van der Waals surface area contributed by atoms with Crippen molar-refractivity contribution in [1.29, 1.82) is 0 Å². The van der Waals surface area contributed by atoms with E-state index < -0.39 is 0 Å². The maximum Gasteiger partial charge on any atom is 0.262 e. The quantitative estimate of drug-likeness (QED) is 0.751. The summed E-state index contributed by atoms with van der Waals surface area (Å²) in [5.41, 5.74) is 1.26. The van der Waals surface area contributed by atoms with Crippen LogP contribution < -0.4 is 10.1 Å². The highest BCUT2D eigenvalue weighted by Gasteiger charge is 2.16. The first kappa shape index (κ1) is 15.7. The van der Waals surface area contributed by atoms with Gasteiger partial charge in [0.2, 0.25) is 5.88 Å². The van der Waals surface area contributed by atoms with Gasteiger partial charge in [0.15, 0.2) is 5.82 Å². The molecule has 3 rings (SSSR count). The van der Waals surface area contributed by atoms with E-state index in [4.69, 9.17) is 4.74 Å². The highest BCUT2D eigenvalue weighted by Crippen LogP contribution is 2.23. The Hall–Kier alpha value is -3.22.